The fourth-order valence-corrected chi connectivity index (χ4v) is 3.23. The molecule has 6 N–H and O–H groups in total. The van der Waals surface area contributed by atoms with Gasteiger partial charge in [-0.3, -0.25) is 9.59 Å². The van der Waals surface area contributed by atoms with Crippen molar-refractivity contribution in [2.75, 3.05) is 6.54 Å². The summed E-state index contributed by atoms with van der Waals surface area (Å²) in [5, 5.41) is 15.3. The zero-order valence-corrected chi connectivity index (χ0v) is 16.3. The molecule has 0 saturated carbocycles. The largest absolute Gasteiger partial charge is 0.480 e. The molecule has 2 unspecified atom stereocenters. The number of H-pyrrole nitrogens is 1. The molecular weight excluding hydrogens is 384 g/mol. The first-order chi connectivity index (χ1) is 14.4. The highest BCUT2D eigenvalue weighted by molar-refractivity contribution is 5.90. The molecule has 30 heavy (non-hydrogen) atoms. The summed E-state index contributed by atoms with van der Waals surface area (Å²) in [6.45, 7) is -0.348. The molecule has 0 spiro atoms. The number of hydrogen-bond donors (Lipinski definition) is 5. The van der Waals surface area contributed by atoms with E-state index >= 15 is 0 Å². The van der Waals surface area contributed by atoms with Crippen LogP contribution in [0.3, 0.4) is 0 Å². The minimum atomic E-state index is -1.15. The number of aromatic nitrogens is 1. The number of carbonyl (C=O) groups is 3. The van der Waals surface area contributed by atoms with E-state index in [0.29, 0.717) is 6.42 Å². The van der Waals surface area contributed by atoms with Crippen molar-refractivity contribution in [3.8, 4) is 0 Å². The Labute approximate surface area is 173 Å². The number of amides is 2. The van der Waals surface area contributed by atoms with Crippen LogP contribution < -0.4 is 16.4 Å². The van der Waals surface area contributed by atoms with Crippen LogP contribution in [0.25, 0.3) is 10.9 Å². The summed E-state index contributed by atoms with van der Waals surface area (Å²) < 4.78 is 0. The lowest BCUT2D eigenvalue weighted by atomic mass is 10.0. The first kappa shape index (κ1) is 21.1. The Morgan fingerprint density at radius 1 is 1.00 bits per heavy atom. The summed E-state index contributed by atoms with van der Waals surface area (Å²) in [5.74, 6) is -2.22. The first-order valence-electron chi connectivity index (χ1n) is 9.58. The standard InChI is InChI=1S/C22H24N4O4/c23-17(10-14-6-2-1-3-7-14)21(28)25-13-20(27)26-19(22(29)30)11-15-12-24-18-9-5-4-8-16(15)18/h1-9,12,17,19,24H,10-11,13,23H2,(H,25,28)(H,26,27)(H,29,30). The van der Waals surface area contributed by atoms with Crippen molar-refractivity contribution in [2.24, 2.45) is 5.73 Å². The zero-order chi connectivity index (χ0) is 21.5. The number of nitrogens with one attached hydrogen (secondary N) is 3. The average molecular weight is 408 g/mol. The molecule has 8 nitrogen and oxygen atoms in total. The fraction of sp³-hybridized carbons (Fsp3) is 0.227. The van der Waals surface area contributed by atoms with E-state index in [1.807, 2.05) is 54.6 Å². The Balaban J connectivity index is 1.52. The normalized spacial score (nSPS) is 12.8. The second-order valence-electron chi connectivity index (χ2n) is 7.04. The smallest absolute Gasteiger partial charge is 0.326 e. The quantitative estimate of drug-likeness (QED) is 0.359. The minimum Gasteiger partial charge on any atom is -0.480 e. The lowest BCUT2D eigenvalue weighted by molar-refractivity contribution is -0.141. The van der Waals surface area contributed by atoms with Crippen LogP contribution in [0, 0.1) is 0 Å². The highest BCUT2D eigenvalue weighted by atomic mass is 16.4. The van der Waals surface area contributed by atoms with Gasteiger partial charge in [0, 0.05) is 23.5 Å². The number of fused-ring (bicyclic) bond motifs is 1. The second-order valence-corrected chi connectivity index (χ2v) is 7.04. The molecule has 2 aromatic carbocycles. The van der Waals surface area contributed by atoms with Gasteiger partial charge in [0.05, 0.1) is 12.6 Å². The van der Waals surface area contributed by atoms with Crippen LogP contribution >= 0.6 is 0 Å². The number of carboxylic acid groups (broad SMARTS) is 1. The maximum absolute atomic E-state index is 12.2. The van der Waals surface area contributed by atoms with Crippen molar-refractivity contribution in [3.05, 3.63) is 71.9 Å². The van der Waals surface area contributed by atoms with Crippen molar-refractivity contribution in [2.45, 2.75) is 24.9 Å². The molecule has 0 radical (unpaired) electrons. The van der Waals surface area contributed by atoms with E-state index in [9.17, 15) is 19.5 Å². The molecule has 3 rings (SSSR count). The molecule has 2 atom stereocenters. The summed E-state index contributed by atoms with van der Waals surface area (Å²) in [7, 11) is 0. The van der Waals surface area contributed by atoms with Crippen LogP contribution in [-0.2, 0) is 27.2 Å². The SMILES string of the molecule is NC(Cc1ccccc1)C(=O)NCC(=O)NC(Cc1c[nH]c2ccccc12)C(=O)O. The Bertz CT molecular complexity index is 1030. The molecule has 156 valence electrons. The third-order valence-corrected chi connectivity index (χ3v) is 4.79. The molecule has 2 amide bonds. The van der Waals surface area contributed by atoms with Gasteiger partial charge in [-0.05, 0) is 23.6 Å². The molecule has 0 aliphatic carbocycles. The van der Waals surface area contributed by atoms with Crippen molar-refractivity contribution < 1.29 is 19.5 Å². The predicted molar refractivity (Wildman–Crippen MR) is 113 cm³/mol. The number of rotatable bonds is 9. The zero-order valence-electron chi connectivity index (χ0n) is 16.3. The highest BCUT2D eigenvalue weighted by Crippen LogP contribution is 2.19. The molecule has 3 aromatic rings. The van der Waals surface area contributed by atoms with Crippen LogP contribution in [0.5, 0.6) is 0 Å². The number of hydrogen-bond acceptors (Lipinski definition) is 4. The minimum absolute atomic E-state index is 0.118. The van der Waals surface area contributed by atoms with E-state index < -0.39 is 29.9 Å². The van der Waals surface area contributed by atoms with E-state index in [-0.39, 0.29) is 13.0 Å². The van der Waals surface area contributed by atoms with Gasteiger partial charge in [0.15, 0.2) is 0 Å². The summed E-state index contributed by atoms with van der Waals surface area (Å²) in [6, 6.07) is 14.9. The van der Waals surface area contributed by atoms with Crippen LogP contribution in [0.15, 0.2) is 60.8 Å². The van der Waals surface area contributed by atoms with Gasteiger partial charge in [-0.1, -0.05) is 48.5 Å². The van der Waals surface area contributed by atoms with E-state index in [2.05, 4.69) is 15.6 Å². The van der Waals surface area contributed by atoms with E-state index in [4.69, 9.17) is 5.73 Å². The first-order valence-corrected chi connectivity index (χ1v) is 9.58. The molecule has 0 aliphatic rings. The van der Waals surface area contributed by atoms with Gasteiger partial charge >= 0.3 is 5.97 Å². The van der Waals surface area contributed by atoms with Crippen LogP contribution in [-0.4, -0.2) is 46.5 Å². The van der Waals surface area contributed by atoms with Gasteiger partial charge in [0.25, 0.3) is 0 Å². The summed E-state index contributed by atoms with van der Waals surface area (Å²) in [5.41, 5.74) is 8.47. The van der Waals surface area contributed by atoms with Crippen LogP contribution in [0.4, 0.5) is 0 Å². The van der Waals surface area contributed by atoms with Gasteiger partial charge in [-0.15, -0.1) is 0 Å². The number of aliphatic carboxylic acids is 1. The topological polar surface area (TPSA) is 137 Å². The number of nitrogens with two attached hydrogens (primary N) is 1. The van der Waals surface area contributed by atoms with E-state index in [1.54, 1.807) is 6.20 Å². The third-order valence-electron chi connectivity index (χ3n) is 4.79. The summed E-state index contributed by atoms with van der Waals surface area (Å²) in [4.78, 5) is 39.0. The Kier molecular flexibility index (Phi) is 6.82. The van der Waals surface area contributed by atoms with Crippen molar-refractivity contribution in [1.82, 2.24) is 15.6 Å². The lowest BCUT2D eigenvalue weighted by Gasteiger charge is -2.16. The monoisotopic (exact) mass is 408 g/mol. The Morgan fingerprint density at radius 3 is 2.43 bits per heavy atom. The molecule has 1 aromatic heterocycles. The molecular formula is C22H24N4O4. The maximum atomic E-state index is 12.2. The predicted octanol–water partition coefficient (Wildman–Crippen LogP) is 0.966. The molecule has 8 heteroatoms. The summed E-state index contributed by atoms with van der Waals surface area (Å²) in [6.07, 6.45) is 2.19. The molecule has 0 fully saturated rings. The van der Waals surface area contributed by atoms with Gasteiger partial charge in [-0.25, -0.2) is 4.79 Å². The van der Waals surface area contributed by atoms with Crippen LogP contribution in [0.2, 0.25) is 0 Å². The molecule has 0 bridgehead atoms. The number of benzene rings is 2. The molecule has 1 heterocycles. The number of para-hydroxylation sites is 1. The lowest BCUT2D eigenvalue weighted by Crippen LogP contribution is -2.49. The number of aromatic amines is 1. The van der Waals surface area contributed by atoms with Crippen LogP contribution in [0.1, 0.15) is 11.1 Å². The fourth-order valence-electron chi connectivity index (χ4n) is 3.23. The van der Waals surface area contributed by atoms with Crippen molar-refractivity contribution >= 4 is 28.7 Å². The molecule has 0 aliphatic heterocycles. The average Bonchev–Trinajstić information content (AvgIpc) is 3.15. The summed E-state index contributed by atoms with van der Waals surface area (Å²) >= 11 is 0. The maximum Gasteiger partial charge on any atom is 0.326 e. The van der Waals surface area contributed by atoms with Gasteiger partial charge in [0.1, 0.15) is 6.04 Å². The van der Waals surface area contributed by atoms with Gasteiger partial charge < -0.3 is 26.5 Å². The van der Waals surface area contributed by atoms with Gasteiger partial charge in [0.2, 0.25) is 11.8 Å². The van der Waals surface area contributed by atoms with E-state index in [0.717, 1.165) is 22.0 Å². The number of carbonyl (C=O) groups excluding carboxylic acids is 2. The highest BCUT2D eigenvalue weighted by Gasteiger charge is 2.22. The second kappa shape index (κ2) is 9.71. The van der Waals surface area contributed by atoms with E-state index in [1.165, 1.54) is 0 Å². The number of carboxylic acids is 1. The Morgan fingerprint density at radius 2 is 1.70 bits per heavy atom. The van der Waals surface area contributed by atoms with Crippen molar-refractivity contribution in [1.29, 1.82) is 0 Å². The van der Waals surface area contributed by atoms with Crippen molar-refractivity contribution in [3.63, 3.8) is 0 Å². The molecule has 0 saturated heterocycles. The third kappa shape index (κ3) is 5.45. The Hall–Kier alpha value is -3.65. The van der Waals surface area contributed by atoms with Gasteiger partial charge in [-0.2, -0.15) is 0 Å².